The van der Waals surface area contributed by atoms with Crippen molar-refractivity contribution in [3.63, 3.8) is 0 Å². The molecule has 6 heteroatoms. The Bertz CT molecular complexity index is 1170. The fourth-order valence-electron chi connectivity index (χ4n) is 8.49. The predicted molar refractivity (Wildman–Crippen MR) is 289 cm³/mol. The van der Waals surface area contributed by atoms with Crippen molar-refractivity contribution in [2.75, 3.05) is 13.2 Å². The van der Waals surface area contributed by atoms with E-state index in [9.17, 15) is 14.4 Å². The lowest BCUT2D eigenvalue weighted by Crippen LogP contribution is -2.30. The minimum atomic E-state index is -0.779. The molecule has 0 aromatic rings. The summed E-state index contributed by atoms with van der Waals surface area (Å²) < 4.78 is 16.9. The lowest BCUT2D eigenvalue weighted by Gasteiger charge is -2.18. The van der Waals surface area contributed by atoms with Crippen LogP contribution in [0.15, 0.2) is 48.6 Å². The van der Waals surface area contributed by atoms with E-state index in [-0.39, 0.29) is 31.1 Å². The second-order valence-electron chi connectivity index (χ2n) is 19.5. The van der Waals surface area contributed by atoms with Gasteiger partial charge in [-0.25, -0.2) is 0 Å². The number of carbonyl (C=O) groups excluding carboxylic acids is 3. The number of hydrogen-bond donors (Lipinski definition) is 0. The number of carbonyl (C=O) groups is 3. The summed E-state index contributed by atoms with van der Waals surface area (Å²) in [7, 11) is 0. The third-order valence-electron chi connectivity index (χ3n) is 12.8. The number of allylic oxidation sites excluding steroid dienone is 8. The van der Waals surface area contributed by atoms with E-state index in [1.165, 1.54) is 167 Å². The summed E-state index contributed by atoms with van der Waals surface area (Å²) in [5.74, 6) is -0.883. The number of rotatable bonds is 53. The maximum Gasteiger partial charge on any atom is 0.306 e. The molecule has 0 fully saturated rings. The Morgan fingerprint density at radius 3 is 0.910 bits per heavy atom. The Hall–Kier alpha value is -2.63. The van der Waals surface area contributed by atoms with Crippen molar-refractivity contribution in [3.05, 3.63) is 48.6 Å². The molecule has 0 aromatic heterocycles. The molecule has 0 aromatic carbocycles. The SMILES string of the molecule is CC/C=C\C/C=C\C/C=C\C/C=C\CCCCCCC(=O)OC[C@H](COC(=O)CCCCCCCCCCCCCCCCC)OC(=O)CCCCCCCCCCCCCCCCCCC. The average molecular weight is 940 g/mol. The topological polar surface area (TPSA) is 78.9 Å². The van der Waals surface area contributed by atoms with Gasteiger partial charge in [0.2, 0.25) is 0 Å². The molecule has 0 rings (SSSR count). The highest BCUT2D eigenvalue weighted by Gasteiger charge is 2.19. The maximum atomic E-state index is 12.9. The normalized spacial score (nSPS) is 12.3. The van der Waals surface area contributed by atoms with Crippen LogP contribution < -0.4 is 0 Å². The van der Waals surface area contributed by atoms with Crippen LogP contribution in [0.25, 0.3) is 0 Å². The lowest BCUT2D eigenvalue weighted by atomic mass is 10.0. The highest BCUT2D eigenvalue weighted by molar-refractivity contribution is 5.71. The summed E-state index contributed by atoms with van der Waals surface area (Å²) in [5, 5.41) is 0. The van der Waals surface area contributed by atoms with Gasteiger partial charge in [-0.3, -0.25) is 14.4 Å². The Kier molecular flexibility index (Phi) is 53.8. The first kappa shape index (κ1) is 64.4. The molecule has 0 amide bonds. The van der Waals surface area contributed by atoms with Gasteiger partial charge in [-0.05, 0) is 57.8 Å². The zero-order chi connectivity index (χ0) is 48.6. The number of hydrogen-bond acceptors (Lipinski definition) is 6. The Morgan fingerprint density at radius 1 is 0.313 bits per heavy atom. The van der Waals surface area contributed by atoms with Gasteiger partial charge in [-0.15, -0.1) is 0 Å². The van der Waals surface area contributed by atoms with Crippen molar-refractivity contribution in [2.24, 2.45) is 0 Å². The third-order valence-corrected chi connectivity index (χ3v) is 12.8. The summed E-state index contributed by atoms with van der Waals surface area (Å²) in [5.41, 5.74) is 0. The second-order valence-corrected chi connectivity index (χ2v) is 19.5. The molecule has 0 spiro atoms. The highest BCUT2D eigenvalue weighted by atomic mass is 16.6. The van der Waals surface area contributed by atoms with Gasteiger partial charge in [0.25, 0.3) is 0 Å². The molecule has 6 nitrogen and oxygen atoms in total. The fraction of sp³-hybridized carbons (Fsp3) is 0.820. The minimum absolute atomic E-state index is 0.0764. The molecule has 1 atom stereocenters. The van der Waals surface area contributed by atoms with Crippen molar-refractivity contribution in [3.8, 4) is 0 Å². The summed E-state index contributed by atoms with van der Waals surface area (Å²) >= 11 is 0. The molecule has 67 heavy (non-hydrogen) atoms. The van der Waals surface area contributed by atoms with Crippen LogP contribution in [0.3, 0.4) is 0 Å². The monoisotopic (exact) mass is 939 g/mol. The minimum Gasteiger partial charge on any atom is -0.462 e. The molecular formula is C61H110O6. The van der Waals surface area contributed by atoms with Crippen molar-refractivity contribution >= 4 is 17.9 Å². The van der Waals surface area contributed by atoms with Gasteiger partial charge in [0.15, 0.2) is 6.10 Å². The van der Waals surface area contributed by atoms with Gasteiger partial charge < -0.3 is 14.2 Å². The van der Waals surface area contributed by atoms with E-state index >= 15 is 0 Å². The number of ether oxygens (including phenoxy) is 3. The fourth-order valence-corrected chi connectivity index (χ4v) is 8.49. The number of esters is 3. The van der Waals surface area contributed by atoms with Crippen LogP contribution in [0.4, 0.5) is 0 Å². The zero-order valence-corrected chi connectivity index (χ0v) is 44.7. The summed E-state index contributed by atoms with van der Waals surface area (Å²) in [4.78, 5) is 38.2. The first-order valence-corrected chi connectivity index (χ1v) is 29.1. The van der Waals surface area contributed by atoms with Gasteiger partial charge in [-0.2, -0.15) is 0 Å². The summed E-state index contributed by atoms with van der Waals surface area (Å²) in [6.07, 6.45) is 68.1. The molecule has 0 aliphatic heterocycles. The Morgan fingerprint density at radius 2 is 0.582 bits per heavy atom. The summed E-state index contributed by atoms with van der Waals surface area (Å²) in [6.45, 7) is 6.55. The van der Waals surface area contributed by atoms with Crippen LogP contribution in [-0.2, 0) is 28.6 Å². The molecule has 0 saturated carbocycles. The van der Waals surface area contributed by atoms with Crippen LogP contribution in [0.5, 0.6) is 0 Å². The van der Waals surface area contributed by atoms with E-state index in [1.807, 2.05) is 0 Å². The van der Waals surface area contributed by atoms with E-state index in [0.29, 0.717) is 19.3 Å². The quantitative estimate of drug-likeness (QED) is 0.0262. The molecule has 0 aliphatic rings. The highest BCUT2D eigenvalue weighted by Crippen LogP contribution is 2.17. The molecular weight excluding hydrogens is 829 g/mol. The Balaban J connectivity index is 4.38. The number of unbranched alkanes of at least 4 members (excludes halogenated alkanes) is 34. The van der Waals surface area contributed by atoms with Gasteiger partial charge in [0.1, 0.15) is 13.2 Å². The molecule has 0 radical (unpaired) electrons. The molecule has 0 unspecified atom stereocenters. The van der Waals surface area contributed by atoms with E-state index in [4.69, 9.17) is 14.2 Å². The van der Waals surface area contributed by atoms with Crippen molar-refractivity contribution in [2.45, 2.75) is 309 Å². The van der Waals surface area contributed by atoms with E-state index in [0.717, 1.165) is 96.3 Å². The Labute approximate surface area is 416 Å². The van der Waals surface area contributed by atoms with Gasteiger partial charge in [-0.1, -0.05) is 275 Å². The maximum absolute atomic E-state index is 12.9. The standard InChI is InChI=1S/C61H110O6/c1-4-7-10-13-16-19-22-25-28-30-33-36-39-42-45-48-51-54-60(63)66-57-58(56-65-59(62)53-50-47-44-41-38-35-32-27-24-21-18-15-12-9-6-3)67-61(64)55-52-49-46-43-40-37-34-31-29-26-23-20-17-14-11-8-5-2/h7,10,16,19,25,28,33,36,58H,4-6,8-9,11-15,17-18,20-24,26-27,29-32,34-35,37-57H2,1-3H3/b10-7-,19-16-,28-25-,36-33-/t58-/m0/s1. The largest absolute Gasteiger partial charge is 0.462 e. The average Bonchev–Trinajstić information content (AvgIpc) is 3.33. The van der Waals surface area contributed by atoms with Crippen LogP contribution >= 0.6 is 0 Å². The van der Waals surface area contributed by atoms with E-state index in [2.05, 4.69) is 69.4 Å². The van der Waals surface area contributed by atoms with Crippen LogP contribution in [0.2, 0.25) is 0 Å². The molecule has 0 heterocycles. The van der Waals surface area contributed by atoms with Gasteiger partial charge >= 0.3 is 17.9 Å². The second kappa shape index (κ2) is 56.0. The van der Waals surface area contributed by atoms with Gasteiger partial charge in [0.05, 0.1) is 0 Å². The van der Waals surface area contributed by atoms with Crippen LogP contribution in [0.1, 0.15) is 303 Å². The lowest BCUT2D eigenvalue weighted by molar-refractivity contribution is -0.167. The third kappa shape index (κ3) is 54.2. The summed E-state index contributed by atoms with van der Waals surface area (Å²) in [6, 6.07) is 0. The predicted octanol–water partition coefficient (Wildman–Crippen LogP) is 19.4. The molecule has 390 valence electrons. The first-order valence-electron chi connectivity index (χ1n) is 29.1. The molecule has 0 aliphatic carbocycles. The van der Waals surface area contributed by atoms with Crippen molar-refractivity contribution in [1.82, 2.24) is 0 Å². The molecule has 0 N–H and O–H groups in total. The van der Waals surface area contributed by atoms with Crippen molar-refractivity contribution < 1.29 is 28.6 Å². The first-order chi connectivity index (χ1) is 33.0. The van der Waals surface area contributed by atoms with Crippen molar-refractivity contribution in [1.29, 1.82) is 0 Å². The van der Waals surface area contributed by atoms with E-state index < -0.39 is 6.10 Å². The van der Waals surface area contributed by atoms with Gasteiger partial charge in [0, 0.05) is 19.3 Å². The van der Waals surface area contributed by atoms with Crippen LogP contribution in [-0.4, -0.2) is 37.2 Å². The smallest absolute Gasteiger partial charge is 0.306 e. The molecule has 0 saturated heterocycles. The molecule has 0 bridgehead atoms. The van der Waals surface area contributed by atoms with E-state index in [1.54, 1.807) is 0 Å². The zero-order valence-electron chi connectivity index (χ0n) is 44.7. The van der Waals surface area contributed by atoms with Crippen LogP contribution in [0, 0.1) is 0 Å².